The second-order valence-electron chi connectivity index (χ2n) is 7.52. The van der Waals surface area contributed by atoms with Crippen molar-refractivity contribution >= 4 is 40.4 Å². The average molecular weight is 462 g/mol. The largest absolute Gasteiger partial charge is 0.393 e. The third-order valence-corrected chi connectivity index (χ3v) is 6.85. The number of aliphatic hydroxyl groups is 3. The molecule has 1 saturated carbocycles. The van der Waals surface area contributed by atoms with E-state index >= 15 is 0 Å². The molecule has 1 fully saturated rings. The van der Waals surface area contributed by atoms with E-state index in [1.165, 1.54) is 11.3 Å². The quantitative estimate of drug-likeness (QED) is 0.296. The van der Waals surface area contributed by atoms with Gasteiger partial charge in [0.2, 0.25) is 5.91 Å². The second kappa shape index (κ2) is 12.1. The molecule has 3 unspecified atom stereocenters. The van der Waals surface area contributed by atoms with Gasteiger partial charge in [-0.1, -0.05) is 47.5 Å². The van der Waals surface area contributed by atoms with E-state index in [4.69, 9.17) is 28.9 Å². The Morgan fingerprint density at radius 1 is 1.31 bits per heavy atom. The van der Waals surface area contributed by atoms with Gasteiger partial charge in [0, 0.05) is 18.8 Å². The smallest absolute Gasteiger partial charge is 0.217 e. The van der Waals surface area contributed by atoms with E-state index in [9.17, 15) is 20.1 Å². The van der Waals surface area contributed by atoms with Gasteiger partial charge in [0.05, 0.1) is 27.0 Å². The summed E-state index contributed by atoms with van der Waals surface area (Å²) in [4.78, 5) is 10.7. The zero-order valence-electron chi connectivity index (χ0n) is 16.2. The highest BCUT2D eigenvalue weighted by Crippen LogP contribution is 2.36. The lowest BCUT2D eigenvalue weighted by atomic mass is 9.89. The maximum absolute atomic E-state index is 10.7. The maximum atomic E-state index is 10.7. The predicted octanol–water partition coefficient (Wildman–Crippen LogP) is 3.86. The van der Waals surface area contributed by atoms with Gasteiger partial charge in [-0.3, -0.25) is 4.79 Å². The van der Waals surface area contributed by atoms with Gasteiger partial charge in [0.1, 0.15) is 0 Å². The molecule has 0 saturated heterocycles. The molecule has 0 radical (unpaired) electrons. The van der Waals surface area contributed by atoms with Crippen LogP contribution in [0, 0.1) is 11.8 Å². The minimum Gasteiger partial charge on any atom is -0.393 e. The monoisotopic (exact) mass is 461 g/mol. The number of aryl methyl sites for hydroxylation is 1. The molecule has 1 heterocycles. The fraction of sp³-hybridized carbons (Fsp3) is 0.571. The van der Waals surface area contributed by atoms with Crippen LogP contribution in [-0.4, -0.2) is 39.5 Å². The molecule has 1 aliphatic rings. The summed E-state index contributed by atoms with van der Waals surface area (Å²) >= 11 is 13.4. The molecule has 0 aromatic carbocycles. The van der Waals surface area contributed by atoms with Crippen molar-refractivity contribution in [3.8, 4) is 0 Å². The van der Waals surface area contributed by atoms with Crippen molar-refractivity contribution in [2.45, 2.75) is 63.3 Å². The Morgan fingerprint density at radius 3 is 2.72 bits per heavy atom. The van der Waals surface area contributed by atoms with Crippen LogP contribution < -0.4 is 5.73 Å². The number of hydrogen-bond acceptors (Lipinski definition) is 5. The van der Waals surface area contributed by atoms with E-state index in [2.05, 4.69) is 0 Å². The molecule has 5 atom stereocenters. The van der Waals surface area contributed by atoms with E-state index in [0.717, 1.165) is 12.0 Å². The normalized spacial score (nSPS) is 26.0. The fourth-order valence-corrected chi connectivity index (χ4v) is 5.22. The molecule has 2 rings (SSSR count). The van der Waals surface area contributed by atoms with Gasteiger partial charge < -0.3 is 21.1 Å². The Kier molecular flexibility index (Phi) is 10.2. The van der Waals surface area contributed by atoms with E-state index in [-0.39, 0.29) is 17.7 Å². The standard InChI is InChI=1S/C21H29Cl2NO4S/c22-19-11-13(21(23)29-19)7-8-14(25)9-10-16-15(17(26)12-18(16)27)5-3-1-2-4-6-20(24)28/h1,3,9-11,14-18,25-27H,2,4-8,12H2,(H2,24,28)/b3-1-,10-9+/t14?,15-,16-,17?,18?/m1/s1. The van der Waals surface area contributed by atoms with Crippen molar-refractivity contribution in [2.75, 3.05) is 0 Å². The number of unbranched alkanes of at least 4 members (excludes halogenated alkanes) is 1. The van der Waals surface area contributed by atoms with Crippen LogP contribution in [0.2, 0.25) is 8.67 Å². The van der Waals surface area contributed by atoms with Gasteiger partial charge >= 0.3 is 0 Å². The van der Waals surface area contributed by atoms with E-state index in [1.807, 2.05) is 24.3 Å². The minimum absolute atomic E-state index is 0.106. The van der Waals surface area contributed by atoms with E-state index in [1.54, 1.807) is 6.08 Å². The Bertz CT molecular complexity index is 722. The summed E-state index contributed by atoms with van der Waals surface area (Å²) in [5.41, 5.74) is 6.04. The SMILES string of the molecule is NC(=O)CCC/C=C\C[C@H]1C(O)CC(O)[C@@H]1/C=C/C(O)CCc1cc(Cl)sc1Cl. The number of nitrogens with two attached hydrogens (primary N) is 1. The van der Waals surface area contributed by atoms with Crippen LogP contribution in [0.1, 0.15) is 44.1 Å². The Hall–Kier alpha value is -0.890. The number of thiophene rings is 1. The second-order valence-corrected chi connectivity index (χ2v) is 9.80. The molecule has 29 heavy (non-hydrogen) atoms. The van der Waals surface area contributed by atoms with Crippen LogP contribution in [0.15, 0.2) is 30.4 Å². The van der Waals surface area contributed by atoms with E-state index < -0.39 is 18.3 Å². The van der Waals surface area contributed by atoms with Gasteiger partial charge in [-0.2, -0.15) is 0 Å². The number of aliphatic hydroxyl groups excluding tert-OH is 3. The number of carbonyl (C=O) groups is 1. The molecule has 1 aliphatic carbocycles. The van der Waals surface area contributed by atoms with E-state index in [0.29, 0.717) is 47.2 Å². The highest BCUT2D eigenvalue weighted by molar-refractivity contribution is 7.20. The Morgan fingerprint density at radius 2 is 2.07 bits per heavy atom. The van der Waals surface area contributed by atoms with Crippen LogP contribution in [0.4, 0.5) is 0 Å². The van der Waals surface area contributed by atoms with Crippen LogP contribution >= 0.6 is 34.5 Å². The molecular formula is C21H29Cl2NO4S. The first-order chi connectivity index (χ1) is 13.8. The van der Waals surface area contributed by atoms with Crippen molar-refractivity contribution in [3.63, 3.8) is 0 Å². The molecule has 8 heteroatoms. The van der Waals surface area contributed by atoms with Gasteiger partial charge in [-0.15, -0.1) is 11.3 Å². The summed E-state index contributed by atoms with van der Waals surface area (Å²) in [5, 5.41) is 30.8. The molecule has 1 aromatic heterocycles. The van der Waals surface area contributed by atoms with Crippen molar-refractivity contribution < 1.29 is 20.1 Å². The number of hydrogen-bond donors (Lipinski definition) is 4. The van der Waals surface area contributed by atoms with Crippen LogP contribution in [0.3, 0.4) is 0 Å². The molecule has 1 aromatic rings. The topological polar surface area (TPSA) is 104 Å². The Labute approximate surface area is 185 Å². The highest BCUT2D eigenvalue weighted by Gasteiger charge is 2.39. The van der Waals surface area contributed by atoms with Gasteiger partial charge in [-0.25, -0.2) is 0 Å². The summed E-state index contributed by atoms with van der Waals surface area (Å²) < 4.78 is 1.27. The summed E-state index contributed by atoms with van der Waals surface area (Å²) in [7, 11) is 0. The summed E-state index contributed by atoms with van der Waals surface area (Å²) in [6, 6.07) is 1.81. The first-order valence-corrected chi connectivity index (χ1v) is 11.4. The maximum Gasteiger partial charge on any atom is 0.217 e. The molecule has 0 bridgehead atoms. The van der Waals surface area contributed by atoms with Crippen molar-refractivity contribution in [1.29, 1.82) is 0 Å². The van der Waals surface area contributed by atoms with Crippen LogP contribution in [0.5, 0.6) is 0 Å². The van der Waals surface area contributed by atoms with Gasteiger partial charge in [-0.05, 0) is 49.7 Å². The number of rotatable bonds is 11. The van der Waals surface area contributed by atoms with Gasteiger partial charge in [0.25, 0.3) is 0 Å². The summed E-state index contributed by atoms with van der Waals surface area (Å²) in [6.45, 7) is 0. The van der Waals surface area contributed by atoms with Crippen LogP contribution in [-0.2, 0) is 11.2 Å². The number of amides is 1. The number of halogens is 2. The summed E-state index contributed by atoms with van der Waals surface area (Å²) in [5.74, 6) is -0.624. The van der Waals surface area contributed by atoms with Crippen molar-refractivity contribution in [1.82, 2.24) is 0 Å². The molecule has 0 aliphatic heterocycles. The zero-order chi connectivity index (χ0) is 21.4. The molecule has 0 spiro atoms. The predicted molar refractivity (Wildman–Crippen MR) is 118 cm³/mol. The number of primary amides is 1. The number of allylic oxidation sites excluding steroid dienone is 2. The number of carbonyl (C=O) groups excluding carboxylic acids is 1. The average Bonchev–Trinajstić information content (AvgIpc) is 3.11. The minimum atomic E-state index is -0.667. The van der Waals surface area contributed by atoms with Gasteiger partial charge in [0.15, 0.2) is 0 Å². The molecule has 5 N–H and O–H groups in total. The van der Waals surface area contributed by atoms with Crippen molar-refractivity contribution in [3.05, 3.63) is 44.6 Å². The lowest BCUT2D eigenvalue weighted by Crippen LogP contribution is -2.20. The summed E-state index contributed by atoms with van der Waals surface area (Å²) in [6.07, 6.45) is 9.47. The Balaban J connectivity index is 1.84. The molecule has 162 valence electrons. The zero-order valence-corrected chi connectivity index (χ0v) is 18.5. The first kappa shape index (κ1) is 24.4. The molecule has 5 nitrogen and oxygen atoms in total. The third kappa shape index (κ3) is 8.04. The molecular weight excluding hydrogens is 433 g/mol. The van der Waals surface area contributed by atoms with Crippen LogP contribution in [0.25, 0.3) is 0 Å². The fourth-order valence-electron chi connectivity index (χ4n) is 3.67. The third-order valence-electron chi connectivity index (χ3n) is 5.28. The first-order valence-electron chi connectivity index (χ1n) is 9.87. The lowest BCUT2D eigenvalue weighted by molar-refractivity contribution is -0.118. The molecule has 1 amide bonds. The van der Waals surface area contributed by atoms with Crippen molar-refractivity contribution in [2.24, 2.45) is 17.6 Å². The highest BCUT2D eigenvalue weighted by atomic mass is 35.5. The lowest BCUT2D eigenvalue weighted by Gasteiger charge is -2.19.